The average molecular weight is 325 g/mol. The van der Waals surface area contributed by atoms with E-state index < -0.39 is 27.9 Å². The Morgan fingerprint density at radius 2 is 2.14 bits per heavy atom. The maximum Gasteiger partial charge on any atom is 0.322 e. The van der Waals surface area contributed by atoms with Crippen LogP contribution in [0.15, 0.2) is 33.8 Å². The van der Waals surface area contributed by atoms with Crippen LogP contribution in [0.5, 0.6) is 0 Å². The Labute approximate surface area is 125 Å². The number of carbonyl (C=O) groups is 1. The van der Waals surface area contributed by atoms with Gasteiger partial charge in [0.05, 0.1) is 0 Å². The molecule has 0 radical (unpaired) electrons. The summed E-state index contributed by atoms with van der Waals surface area (Å²) >= 11 is 0. The molecular weight excluding hydrogens is 313 g/mol. The molecular formula is C14H12FNO5S. The molecule has 2 heterocycles. The predicted octanol–water partition coefficient (Wildman–Crippen LogP) is 1.67. The first-order chi connectivity index (χ1) is 10.4. The van der Waals surface area contributed by atoms with Crippen molar-refractivity contribution in [3.8, 4) is 0 Å². The second kappa shape index (κ2) is 4.30. The molecule has 1 aromatic heterocycles. The molecule has 116 valence electrons. The fraction of sp³-hybridized carbons (Fsp3) is 0.357. The third-order valence-electron chi connectivity index (χ3n) is 4.38. The molecule has 1 N–H and O–H groups in total. The van der Waals surface area contributed by atoms with Gasteiger partial charge in [-0.2, -0.15) is 4.31 Å². The molecule has 3 atom stereocenters. The van der Waals surface area contributed by atoms with E-state index in [4.69, 9.17) is 4.42 Å². The van der Waals surface area contributed by atoms with Crippen LogP contribution in [0.4, 0.5) is 4.39 Å². The molecule has 1 saturated carbocycles. The number of aliphatic carboxylic acids is 1. The molecule has 2 aromatic rings. The monoisotopic (exact) mass is 325 g/mol. The first-order valence-corrected chi connectivity index (χ1v) is 8.25. The normalized spacial score (nSPS) is 28.0. The topological polar surface area (TPSA) is 87.8 Å². The van der Waals surface area contributed by atoms with Gasteiger partial charge in [0.1, 0.15) is 17.4 Å². The summed E-state index contributed by atoms with van der Waals surface area (Å²) in [7, 11) is -4.05. The highest BCUT2D eigenvalue weighted by Gasteiger charge is 2.59. The summed E-state index contributed by atoms with van der Waals surface area (Å²) in [5, 5.41) is 9.26. The number of fused-ring (bicyclic) bond motifs is 2. The number of carboxylic acids is 1. The van der Waals surface area contributed by atoms with Gasteiger partial charge in [-0.3, -0.25) is 4.79 Å². The summed E-state index contributed by atoms with van der Waals surface area (Å²) in [6.45, 7) is 0.190. The van der Waals surface area contributed by atoms with Gasteiger partial charge in [-0.25, -0.2) is 12.8 Å². The van der Waals surface area contributed by atoms with Crippen molar-refractivity contribution in [1.82, 2.24) is 4.31 Å². The minimum atomic E-state index is -4.05. The van der Waals surface area contributed by atoms with Crippen LogP contribution in [-0.2, 0) is 14.8 Å². The molecule has 2 fully saturated rings. The summed E-state index contributed by atoms with van der Waals surface area (Å²) in [6, 6.07) is 3.89. The number of hydrogen-bond donors (Lipinski definition) is 1. The van der Waals surface area contributed by atoms with Crippen molar-refractivity contribution in [3.05, 3.63) is 30.1 Å². The molecule has 2 aliphatic rings. The van der Waals surface area contributed by atoms with Crippen LogP contribution in [0.2, 0.25) is 0 Å². The van der Waals surface area contributed by atoms with Gasteiger partial charge in [0, 0.05) is 18.0 Å². The second-order valence-corrected chi connectivity index (χ2v) is 7.59. The van der Waals surface area contributed by atoms with Crippen molar-refractivity contribution in [2.24, 2.45) is 11.8 Å². The van der Waals surface area contributed by atoms with Crippen molar-refractivity contribution in [3.63, 3.8) is 0 Å². The third-order valence-corrected chi connectivity index (χ3v) is 6.08. The number of nitrogens with zero attached hydrogens (tertiary/aromatic N) is 1. The van der Waals surface area contributed by atoms with Crippen LogP contribution in [0.25, 0.3) is 11.0 Å². The molecule has 8 heteroatoms. The molecule has 6 nitrogen and oxygen atoms in total. The molecule has 0 spiro atoms. The molecule has 1 aliphatic heterocycles. The highest BCUT2D eigenvalue weighted by atomic mass is 32.2. The highest BCUT2D eigenvalue weighted by molar-refractivity contribution is 7.89. The van der Waals surface area contributed by atoms with Crippen LogP contribution in [0, 0.1) is 17.7 Å². The Morgan fingerprint density at radius 1 is 1.36 bits per heavy atom. The van der Waals surface area contributed by atoms with Crippen LogP contribution in [0.1, 0.15) is 6.42 Å². The van der Waals surface area contributed by atoms with Crippen molar-refractivity contribution in [2.45, 2.75) is 17.6 Å². The lowest BCUT2D eigenvalue weighted by Crippen LogP contribution is -2.43. The molecule has 0 unspecified atom stereocenters. The first kappa shape index (κ1) is 13.7. The van der Waals surface area contributed by atoms with Crippen molar-refractivity contribution < 1.29 is 27.1 Å². The molecule has 0 bridgehead atoms. The van der Waals surface area contributed by atoms with Crippen LogP contribution < -0.4 is 0 Å². The van der Waals surface area contributed by atoms with Crippen molar-refractivity contribution in [1.29, 1.82) is 0 Å². The van der Waals surface area contributed by atoms with Gasteiger partial charge in [-0.1, -0.05) is 0 Å². The van der Waals surface area contributed by atoms with Crippen molar-refractivity contribution in [2.75, 3.05) is 6.54 Å². The molecule has 1 aromatic carbocycles. The van der Waals surface area contributed by atoms with E-state index in [1.807, 2.05) is 0 Å². The quantitative estimate of drug-likeness (QED) is 0.927. The SMILES string of the molecule is O=C(O)[C@@H]1[C@H]2C[C@H]2CN1S(=O)(=O)c1cc2cc(F)ccc2o1. The second-order valence-electron chi connectivity index (χ2n) is 5.77. The van der Waals surface area contributed by atoms with E-state index in [2.05, 4.69) is 0 Å². The number of piperidine rings is 1. The van der Waals surface area contributed by atoms with E-state index in [1.165, 1.54) is 24.3 Å². The third kappa shape index (κ3) is 1.87. The number of furan rings is 1. The lowest BCUT2D eigenvalue weighted by atomic mass is 10.2. The minimum absolute atomic E-state index is 0.109. The summed E-state index contributed by atoms with van der Waals surface area (Å²) in [5.74, 6) is -1.65. The first-order valence-electron chi connectivity index (χ1n) is 6.81. The number of rotatable bonds is 3. The Balaban J connectivity index is 1.77. The largest absolute Gasteiger partial charge is 0.480 e. The lowest BCUT2D eigenvalue weighted by molar-refractivity contribution is -0.141. The smallest absolute Gasteiger partial charge is 0.322 e. The van der Waals surface area contributed by atoms with Crippen LogP contribution >= 0.6 is 0 Å². The fourth-order valence-electron chi connectivity index (χ4n) is 3.21. The molecule has 22 heavy (non-hydrogen) atoms. The highest BCUT2D eigenvalue weighted by Crippen LogP contribution is 2.51. The van der Waals surface area contributed by atoms with Crippen LogP contribution in [0.3, 0.4) is 0 Å². The van der Waals surface area contributed by atoms with Gasteiger partial charge in [-0.15, -0.1) is 0 Å². The number of benzene rings is 1. The summed E-state index contributed by atoms with van der Waals surface area (Å²) in [5.41, 5.74) is 0.246. The molecule has 1 aliphatic carbocycles. The minimum Gasteiger partial charge on any atom is -0.480 e. The zero-order chi connectivity index (χ0) is 15.6. The lowest BCUT2D eigenvalue weighted by Gasteiger charge is -2.22. The Morgan fingerprint density at radius 3 is 2.86 bits per heavy atom. The predicted molar refractivity (Wildman–Crippen MR) is 73.1 cm³/mol. The fourth-order valence-corrected chi connectivity index (χ4v) is 4.85. The van der Waals surface area contributed by atoms with Gasteiger partial charge >= 0.3 is 5.97 Å². The Hall–Kier alpha value is -1.93. The van der Waals surface area contributed by atoms with E-state index in [9.17, 15) is 22.7 Å². The Kier molecular flexibility index (Phi) is 2.68. The molecule has 1 saturated heterocycles. The van der Waals surface area contributed by atoms with E-state index in [1.54, 1.807) is 0 Å². The van der Waals surface area contributed by atoms with E-state index in [0.29, 0.717) is 5.39 Å². The Bertz CT molecular complexity index is 890. The number of hydrogen-bond acceptors (Lipinski definition) is 4. The zero-order valence-electron chi connectivity index (χ0n) is 11.3. The maximum absolute atomic E-state index is 13.2. The van der Waals surface area contributed by atoms with Crippen molar-refractivity contribution >= 4 is 27.0 Å². The van der Waals surface area contributed by atoms with E-state index in [-0.39, 0.29) is 29.1 Å². The number of halogens is 1. The van der Waals surface area contributed by atoms with Gasteiger partial charge in [0.25, 0.3) is 10.0 Å². The van der Waals surface area contributed by atoms with E-state index in [0.717, 1.165) is 10.7 Å². The van der Waals surface area contributed by atoms with E-state index >= 15 is 0 Å². The summed E-state index contributed by atoms with van der Waals surface area (Å²) in [6.07, 6.45) is 0.744. The number of sulfonamides is 1. The standard InChI is InChI=1S/C14H12FNO5S/c15-9-1-2-11-7(3-9)5-12(21-11)22(19,20)16-6-8-4-10(8)13(16)14(17)18/h1-3,5,8,10,13H,4,6H2,(H,17,18)/t8-,10-,13-/m0/s1. The maximum atomic E-state index is 13.2. The molecule has 0 amide bonds. The summed E-state index contributed by atoms with van der Waals surface area (Å²) < 4.78 is 44.8. The van der Waals surface area contributed by atoms with Gasteiger partial charge in [-0.05, 0) is 36.5 Å². The number of carboxylic acid groups (broad SMARTS) is 1. The van der Waals surface area contributed by atoms with Crippen LogP contribution in [-0.4, -0.2) is 36.4 Å². The van der Waals surface area contributed by atoms with Gasteiger partial charge < -0.3 is 9.52 Å². The van der Waals surface area contributed by atoms with Gasteiger partial charge in [0.2, 0.25) is 5.09 Å². The molecule has 4 rings (SSSR count). The zero-order valence-corrected chi connectivity index (χ0v) is 12.1. The average Bonchev–Trinajstić information content (AvgIpc) is 2.92. The summed E-state index contributed by atoms with van der Waals surface area (Å²) in [4.78, 5) is 11.4. The van der Waals surface area contributed by atoms with Gasteiger partial charge in [0.15, 0.2) is 0 Å².